The summed E-state index contributed by atoms with van der Waals surface area (Å²) in [4.78, 5) is 0.0761. The highest BCUT2D eigenvalue weighted by Gasteiger charge is 2.09. The quantitative estimate of drug-likeness (QED) is 0.809. The molecule has 0 radical (unpaired) electrons. The average molecular weight is 235 g/mol. The van der Waals surface area contributed by atoms with E-state index in [9.17, 15) is 8.42 Å². The Bertz CT molecular complexity index is 431. The van der Waals surface area contributed by atoms with Gasteiger partial charge in [0.1, 0.15) is 0 Å². The van der Waals surface area contributed by atoms with Gasteiger partial charge in [-0.3, -0.25) is 0 Å². The molecule has 0 fully saturated rings. The lowest BCUT2D eigenvalue weighted by atomic mass is 10.2. The standard InChI is InChI=1S/C8H11ClN2O2S/c1-11-5-6-4-7(14(10,12)13)2-3-8(6)9/h2-4,11H,5H2,1H3,(H2,10,12,13). The highest BCUT2D eigenvalue weighted by molar-refractivity contribution is 7.89. The van der Waals surface area contributed by atoms with E-state index in [2.05, 4.69) is 5.32 Å². The van der Waals surface area contributed by atoms with Crippen molar-refractivity contribution < 1.29 is 8.42 Å². The molecule has 78 valence electrons. The molecule has 0 atom stereocenters. The number of halogens is 1. The molecule has 0 unspecified atom stereocenters. The third kappa shape index (κ3) is 2.68. The third-order valence-electron chi connectivity index (χ3n) is 1.71. The molecule has 1 aromatic carbocycles. The smallest absolute Gasteiger partial charge is 0.238 e. The molecular formula is C8H11ClN2O2S. The summed E-state index contributed by atoms with van der Waals surface area (Å²) in [5.74, 6) is 0. The summed E-state index contributed by atoms with van der Waals surface area (Å²) in [5.41, 5.74) is 0.709. The Balaban J connectivity index is 3.20. The van der Waals surface area contributed by atoms with Crippen LogP contribution in [0.25, 0.3) is 0 Å². The van der Waals surface area contributed by atoms with Crippen LogP contribution in [0.1, 0.15) is 5.56 Å². The summed E-state index contributed by atoms with van der Waals surface area (Å²) in [6.07, 6.45) is 0. The van der Waals surface area contributed by atoms with Crippen LogP contribution in [0.15, 0.2) is 23.1 Å². The molecule has 0 aliphatic carbocycles. The lowest BCUT2D eigenvalue weighted by Gasteiger charge is -2.05. The molecule has 0 bridgehead atoms. The number of hydrogen-bond acceptors (Lipinski definition) is 3. The summed E-state index contributed by atoms with van der Waals surface area (Å²) in [6.45, 7) is 0.502. The van der Waals surface area contributed by atoms with Gasteiger partial charge in [0.25, 0.3) is 0 Å². The average Bonchev–Trinajstić information content (AvgIpc) is 2.07. The van der Waals surface area contributed by atoms with Crippen molar-refractivity contribution in [1.82, 2.24) is 5.32 Å². The summed E-state index contributed by atoms with van der Waals surface area (Å²) in [6, 6.07) is 4.37. The van der Waals surface area contributed by atoms with E-state index in [0.717, 1.165) is 0 Å². The van der Waals surface area contributed by atoms with Crippen LogP contribution in [0.3, 0.4) is 0 Å². The Morgan fingerprint density at radius 1 is 1.50 bits per heavy atom. The number of nitrogens with one attached hydrogen (secondary N) is 1. The molecule has 14 heavy (non-hydrogen) atoms. The molecule has 0 saturated carbocycles. The zero-order valence-corrected chi connectivity index (χ0v) is 9.19. The topological polar surface area (TPSA) is 72.2 Å². The van der Waals surface area contributed by atoms with E-state index in [0.29, 0.717) is 17.1 Å². The molecular weight excluding hydrogens is 224 g/mol. The van der Waals surface area contributed by atoms with Gasteiger partial charge in [0.15, 0.2) is 0 Å². The minimum absolute atomic E-state index is 0.0761. The van der Waals surface area contributed by atoms with Crippen molar-refractivity contribution in [3.05, 3.63) is 28.8 Å². The van der Waals surface area contributed by atoms with Gasteiger partial charge >= 0.3 is 0 Å². The van der Waals surface area contributed by atoms with Crippen LogP contribution in [0.5, 0.6) is 0 Å². The van der Waals surface area contributed by atoms with Crippen LogP contribution in [-0.4, -0.2) is 15.5 Å². The highest BCUT2D eigenvalue weighted by Crippen LogP contribution is 2.19. The van der Waals surface area contributed by atoms with Crippen LogP contribution < -0.4 is 10.5 Å². The molecule has 0 heterocycles. The number of hydrogen-bond donors (Lipinski definition) is 2. The van der Waals surface area contributed by atoms with E-state index in [1.807, 2.05) is 0 Å². The minimum Gasteiger partial charge on any atom is -0.316 e. The zero-order chi connectivity index (χ0) is 10.8. The van der Waals surface area contributed by atoms with E-state index in [1.54, 1.807) is 7.05 Å². The van der Waals surface area contributed by atoms with Gasteiger partial charge in [-0.15, -0.1) is 0 Å². The predicted octanol–water partition coefficient (Wildman–Crippen LogP) is 0.707. The Labute approximate surface area is 88.1 Å². The van der Waals surface area contributed by atoms with Gasteiger partial charge < -0.3 is 5.32 Å². The predicted molar refractivity (Wildman–Crippen MR) is 55.6 cm³/mol. The van der Waals surface area contributed by atoms with Crippen molar-refractivity contribution in [2.45, 2.75) is 11.4 Å². The van der Waals surface area contributed by atoms with E-state index in [1.165, 1.54) is 18.2 Å². The Kier molecular flexibility index (Phi) is 3.49. The normalized spacial score (nSPS) is 11.6. The van der Waals surface area contributed by atoms with Crippen molar-refractivity contribution >= 4 is 21.6 Å². The van der Waals surface area contributed by atoms with Gasteiger partial charge in [-0.05, 0) is 30.8 Å². The molecule has 3 N–H and O–H groups in total. The second kappa shape index (κ2) is 4.27. The van der Waals surface area contributed by atoms with Crippen LogP contribution in [-0.2, 0) is 16.6 Å². The van der Waals surface area contributed by atoms with E-state index >= 15 is 0 Å². The number of rotatable bonds is 3. The van der Waals surface area contributed by atoms with Crippen LogP contribution in [0.2, 0.25) is 5.02 Å². The molecule has 1 aromatic rings. The van der Waals surface area contributed by atoms with Crippen molar-refractivity contribution in [2.75, 3.05) is 7.05 Å². The first kappa shape index (κ1) is 11.5. The number of primary sulfonamides is 1. The highest BCUT2D eigenvalue weighted by atomic mass is 35.5. The van der Waals surface area contributed by atoms with E-state index in [-0.39, 0.29) is 4.90 Å². The second-order valence-corrected chi connectivity index (χ2v) is 4.80. The van der Waals surface area contributed by atoms with Gasteiger partial charge in [-0.1, -0.05) is 11.6 Å². The van der Waals surface area contributed by atoms with Crippen LogP contribution in [0.4, 0.5) is 0 Å². The maximum Gasteiger partial charge on any atom is 0.238 e. The monoisotopic (exact) mass is 234 g/mol. The van der Waals surface area contributed by atoms with Crippen LogP contribution >= 0.6 is 11.6 Å². The number of nitrogens with two attached hydrogens (primary N) is 1. The molecule has 0 spiro atoms. The van der Waals surface area contributed by atoms with Gasteiger partial charge in [0.2, 0.25) is 10.0 Å². The maximum absolute atomic E-state index is 11.0. The third-order valence-corrected chi connectivity index (χ3v) is 2.99. The molecule has 0 aliphatic rings. The molecule has 0 aliphatic heterocycles. The first-order chi connectivity index (χ1) is 6.45. The number of sulfonamides is 1. The second-order valence-electron chi connectivity index (χ2n) is 2.83. The van der Waals surface area contributed by atoms with Gasteiger partial charge in [0, 0.05) is 11.6 Å². The first-order valence-electron chi connectivity index (χ1n) is 3.91. The minimum atomic E-state index is -3.65. The first-order valence-corrected chi connectivity index (χ1v) is 5.83. The lowest BCUT2D eigenvalue weighted by molar-refractivity contribution is 0.597. The van der Waals surface area contributed by atoms with Crippen molar-refractivity contribution in [1.29, 1.82) is 0 Å². The summed E-state index contributed by atoms with van der Waals surface area (Å²) < 4.78 is 22.0. The summed E-state index contributed by atoms with van der Waals surface area (Å²) in [7, 11) is -1.90. The molecule has 0 saturated heterocycles. The Morgan fingerprint density at radius 3 is 2.64 bits per heavy atom. The Morgan fingerprint density at radius 2 is 2.14 bits per heavy atom. The molecule has 0 aromatic heterocycles. The van der Waals surface area contributed by atoms with Crippen LogP contribution in [0, 0.1) is 0 Å². The molecule has 4 nitrogen and oxygen atoms in total. The van der Waals surface area contributed by atoms with Gasteiger partial charge in [0.05, 0.1) is 4.90 Å². The molecule has 0 amide bonds. The molecule has 6 heteroatoms. The van der Waals surface area contributed by atoms with Crippen molar-refractivity contribution in [2.24, 2.45) is 5.14 Å². The largest absolute Gasteiger partial charge is 0.316 e. The van der Waals surface area contributed by atoms with Gasteiger partial charge in [-0.2, -0.15) is 0 Å². The fourth-order valence-corrected chi connectivity index (χ4v) is 1.80. The number of benzene rings is 1. The van der Waals surface area contributed by atoms with Gasteiger partial charge in [-0.25, -0.2) is 13.6 Å². The van der Waals surface area contributed by atoms with Crippen molar-refractivity contribution in [3.63, 3.8) is 0 Å². The fraction of sp³-hybridized carbons (Fsp3) is 0.250. The molecule has 1 rings (SSSR count). The summed E-state index contributed by atoms with van der Waals surface area (Å²) >= 11 is 5.85. The Hall–Kier alpha value is -0.620. The van der Waals surface area contributed by atoms with E-state index in [4.69, 9.17) is 16.7 Å². The maximum atomic E-state index is 11.0. The fourth-order valence-electron chi connectivity index (χ4n) is 1.05. The van der Waals surface area contributed by atoms with Crippen molar-refractivity contribution in [3.8, 4) is 0 Å². The lowest BCUT2D eigenvalue weighted by Crippen LogP contribution is -2.13. The SMILES string of the molecule is CNCc1cc(S(N)(=O)=O)ccc1Cl. The summed E-state index contributed by atoms with van der Waals surface area (Å²) in [5, 5.41) is 8.38. The van der Waals surface area contributed by atoms with E-state index < -0.39 is 10.0 Å². The zero-order valence-electron chi connectivity index (χ0n) is 7.62.